The van der Waals surface area contributed by atoms with E-state index in [2.05, 4.69) is 22.2 Å². The van der Waals surface area contributed by atoms with Crippen molar-refractivity contribution in [2.24, 2.45) is 4.99 Å². The van der Waals surface area contributed by atoms with Crippen LogP contribution in [0.1, 0.15) is 18.4 Å². The van der Waals surface area contributed by atoms with E-state index in [4.69, 9.17) is 0 Å². The highest BCUT2D eigenvalue weighted by molar-refractivity contribution is 14.0. The van der Waals surface area contributed by atoms with Crippen molar-refractivity contribution in [3.8, 4) is 0 Å². The third-order valence-corrected chi connectivity index (χ3v) is 3.54. The normalized spacial score (nSPS) is 16.0. The first-order chi connectivity index (χ1) is 9.20. The van der Waals surface area contributed by atoms with E-state index < -0.39 is 0 Å². The van der Waals surface area contributed by atoms with E-state index in [1.807, 2.05) is 12.1 Å². The highest BCUT2D eigenvalue weighted by Gasteiger charge is 2.44. The lowest BCUT2D eigenvalue weighted by molar-refractivity contribution is 0.618. The number of halogens is 2. The number of hydrogen-bond donors (Lipinski definition) is 2. The van der Waals surface area contributed by atoms with Gasteiger partial charge in [-0.3, -0.25) is 4.99 Å². The standard InChI is InChI=1S/C15H20FN3.HI/c1-3-10-18-14(17-2)19-11-15(8-9-15)12-4-6-13(16)7-5-12;/h3-7H,1,8-11H2,2H3,(H2,17,18,19);1H. The van der Waals surface area contributed by atoms with E-state index in [9.17, 15) is 4.39 Å². The summed E-state index contributed by atoms with van der Waals surface area (Å²) in [5, 5.41) is 6.46. The predicted molar refractivity (Wildman–Crippen MR) is 92.3 cm³/mol. The summed E-state index contributed by atoms with van der Waals surface area (Å²) in [5.41, 5.74) is 1.33. The van der Waals surface area contributed by atoms with Gasteiger partial charge in [0.05, 0.1) is 0 Å². The first kappa shape index (κ1) is 16.9. The fraction of sp³-hybridized carbons (Fsp3) is 0.400. The quantitative estimate of drug-likeness (QED) is 0.352. The van der Waals surface area contributed by atoms with Gasteiger partial charge < -0.3 is 10.6 Å². The molecule has 3 nitrogen and oxygen atoms in total. The molecular formula is C15H21FIN3. The number of nitrogens with one attached hydrogen (secondary N) is 2. The number of nitrogens with zero attached hydrogens (tertiary/aromatic N) is 1. The molecule has 0 heterocycles. The monoisotopic (exact) mass is 389 g/mol. The van der Waals surface area contributed by atoms with Gasteiger partial charge in [-0.05, 0) is 30.5 Å². The summed E-state index contributed by atoms with van der Waals surface area (Å²) in [6.45, 7) is 5.16. The summed E-state index contributed by atoms with van der Waals surface area (Å²) < 4.78 is 12.9. The number of aliphatic imine (C=N–C) groups is 1. The first-order valence-electron chi connectivity index (χ1n) is 6.52. The molecule has 1 aromatic carbocycles. The van der Waals surface area contributed by atoms with Crippen LogP contribution in [0.15, 0.2) is 41.9 Å². The Morgan fingerprint density at radius 3 is 2.50 bits per heavy atom. The van der Waals surface area contributed by atoms with Crippen molar-refractivity contribution in [2.75, 3.05) is 20.1 Å². The lowest BCUT2D eigenvalue weighted by atomic mass is 9.96. The number of benzene rings is 1. The minimum Gasteiger partial charge on any atom is -0.356 e. The molecule has 0 spiro atoms. The molecule has 0 bridgehead atoms. The molecule has 1 fully saturated rings. The van der Waals surface area contributed by atoms with Gasteiger partial charge in [-0.2, -0.15) is 0 Å². The molecule has 0 saturated heterocycles. The third-order valence-electron chi connectivity index (χ3n) is 3.54. The second-order valence-electron chi connectivity index (χ2n) is 4.88. The maximum absolute atomic E-state index is 12.9. The molecule has 0 aliphatic heterocycles. The Balaban J connectivity index is 0.00000200. The molecule has 0 amide bonds. The van der Waals surface area contributed by atoms with Gasteiger partial charge in [-0.1, -0.05) is 18.2 Å². The van der Waals surface area contributed by atoms with Crippen molar-refractivity contribution in [2.45, 2.75) is 18.3 Å². The van der Waals surface area contributed by atoms with Gasteiger partial charge >= 0.3 is 0 Å². The van der Waals surface area contributed by atoms with Crippen molar-refractivity contribution in [3.63, 3.8) is 0 Å². The Morgan fingerprint density at radius 1 is 1.35 bits per heavy atom. The van der Waals surface area contributed by atoms with Gasteiger partial charge in [0.1, 0.15) is 5.82 Å². The minimum atomic E-state index is -0.184. The summed E-state index contributed by atoms with van der Waals surface area (Å²) in [7, 11) is 1.75. The van der Waals surface area contributed by atoms with Crippen LogP contribution in [-0.2, 0) is 5.41 Å². The molecule has 0 radical (unpaired) electrons. The van der Waals surface area contributed by atoms with Crippen LogP contribution < -0.4 is 10.6 Å². The number of hydrogen-bond acceptors (Lipinski definition) is 1. The maximum atomic E-state index is 12.9. The average Bonchev–Trinajstić information content (AvgIpc) is 3.21. The second-order valence-corrected chi connectivity index (χ2v) is 4.88. The first-order valence-corrected chi connectivity index (χ1v) is 6.52. The highest BCUT2D eigenvalue weighted by Crippen LogP contribution is 2.47. The molecular weight excluding hydrogens is 368 g/mol. The molecule has 2 N–H and O–H groups in total. The fourth-order valence-corrected chi connectivity index (χ4v) is 2.16. The molecule has 1 aliphatic carbocycles. The SMILES string of the molecule is C=CCNC(=NC)NCC1(c2ccc(F)cc2)CC1.I. The Labute approximate surface area is 136 Å². The molecule has 0 atom stereocenters. The molecule has 0 aromatic heterocycles. The topological polar surface area (TPSA) is 36.4 Å². The van der Waals surface area contributed by atoms with E-state index >= 15 is 0 Å². The summed E-state index contributed by atoms with van der Waals surface area (Å²) >= 11 is 0. The smallest absolute Gasteiger partial charge is 0.191 e. The number of guanidine groups is 1. The van der Waals surface area contributed by atoms with Crippen LogP contribution in [0.5, 0.6) is 0 Å². The predicted octanol–water partition coefficient (Wildman–Crippen LogP) is 2.83. The van der Waals surface area contributed by atoms with Crippen LogP contribution in [0.25, 0.3) is 0 Å². The van der Waals surface area contributed by atoms with Crippen LogP contribution in [0.2, 0.25) is 0 Å². The van der Waals surface area contributed by atoms with Crippen LogP contribution >= 0.6 is 24.0 Å². The molecule has 1 aliphatic rings. The van der Waals surface area contributed by atoms with Gasteiger partial charge in [0.2, 0.25) is 0 Å². The zero-order valence-electron chi connectivity index (χ0n) is 11.7. The summed E-state index contributed by atoms with van der Waals surface area (Å²) in [6.07, 6.45) is 4.05. The molecule has 20 heavy (non-hydrogen) atoms. The van der Waals surface area contributed by atoms with Crippen molar-refractivity contribution in [3.05, 3.63) is 48.3 Å². The zero-order valence-corrected chi connectivity index (χ0v) is 14.0. The van der Waals surface area contributed by atoms with E-state index in [0.29, 0.717) is 6.54 Å². The van der Waals surface area contributed by atoms with Crippen LogP contribution in [0.3, 0.4) is 0 Å². The molecule has 1 saturated carbocycles. The molecule has 5 heteroatoms. The van der Waals surface area contributed by atoms with Crippen molar-refractivity contribution in [1.82, 2.24) is 10.6 Å². The van der Waals surface area contributed by atoms with Crippen LogP contribution in [0.4, 0.5) is 4.39 Å². The highest BCUT2D eigenvalue weighted by atomic mass is 127. The van der Waals surface area contributed by atoms with E-state index in [1.165, 1.54) is 17.7 Å². The zero-order chi connectivity index (χ0) is 13.7. The Morgan fingerprint density at radius 2 is 2.00 bits per heavy atom. The molecule has 1 aromatic rings. The Kier molecular flexibility index (Phi) is 6.45. The van der Waals surface area contributed by atoms with Gasteiger partial charge in [-0.25, -0.2) is 4.39 Å². The van der Waals surface area contributed by atoms with Gasteiger partial charge in [-0.15, -0.1) is 30.6 Å². The lowest BCUT2D eigenvalue weighted by Gasteiger charge is -2.18. The Bertz CT molecular complexity index is 467. The average molecular weight is 389 g/mol. The molecule has 110 valence electrons. The lowest BCUT2D eigenvalue weighted by Crippen LogP contribution is -2.41. The van der Waals surface area contributed by atoms with Crippen molar-refractivity contribution in [1.29, 1.82) is 0 Å². The molecule has 0 unspecified atom stereocenters. The maximum Gasteiger partial charge on any atom is 0.191 e. The Hall–Kier alpha value is -1.11. The second kappa shape index (κ2) is 7.61. The van der Waals surface area contributed by atoms with Crippen LogP contribution in [0, 0.1) is 5.82 Å². The van der Waals surface area contributed by atoms with Gasteiger partial charge in [0, 0.05) is 25.6 Å². The fourth-order valence-electron chi connectivity index (χ4n) is 2.16. The minimum absolute atomic E-state index is 0. The van der Waals surface area contributed by atoms with Gasteiger partial charge in [0.15, 0.2) is 5.96 Å². The van der Waals surface area contributed by atoms with Crippen LogP contribution in [-0.4, -0.2) is 26.1 Å². The summed E-state index contributed by atoms with van der Waals surface area (Å²) in [6, 6.07) is 6.81. The van der Waals surface area contributed by atoms with Crippen molar-refractivity contribution >= 4 is 29.9 Å². The summed E-state index contributed by atoms with van der Waals surface area (Å²) in [5.74, 6) is 0.587. The van der Waals surface area contributed by atoms with E-state index in [0.717, 1.165) is 25.3 Å². The van der Waals surface area contributed by atoms with Crippen molar-refractivity contribution < 1.29 is 4.39 Å². The van der Waals surface area contributed by atoms with Gasteiger partial charge in [0.25, 0.3) is 0 Å². The number of rotatable bonds is 5. The van der Waals surface area contributed by atoms with E-state index in [-0.39, 0.29) is 35.2 Å². The van der Waals surface area contributed by atoms with E-state index in [1.54, 1.807) is 13.1 Å². The molecule has 2 rings (SSSR count). The largest absolute Gasteiger partial charge is 0.356 e. The third kappa shape index (κ3) is 4.19. The summed E-state index contributed by atoms with van der Waals surface area (Å²) in [4.78, 5) is 4.15.